The Kier molecular flexibility index (Phi) is 6.62. The first-order valence-corrected chi connectivity index (χ1v) is 7.37. The van der Waals surface area contributed by atoms with Crippen molar-refractivity contribution in [3.05, 3.63) is 11.8 Å². The predicted molar refractivity (Wildman–Crippen MR) is 75.0 cm³/mol. The lowest BCUT2D eigenvalue weighted by molar-refractivity contribution is 0.405. The van der Waals surface area contributed by atoms with E-state index in [1.807, 2.05) is 18.0 Å². The van der Waals surface area contributed by atoms with E-state index in [1.54, 1.807) is 0 Å². The minimum Gasteiger partial charge on any atom is -0.351 e. The fourth-order valence-corrected chi connectivity index (χ4v) is 2.52. The number of unbranched alkanes of at least 4 members (excludes halogenated alkanes) is 2. The van der Waals surface area contributed by atoms with Gasteiger partial charge in [-0.05, 0) is 25.3 Å². The van der Waals surface area contributed by atoms with Gasteiger partial charge in [-0.3, -0.25) is 0 Å². The van der Waals surface area contributed by atoms with Crippen molar-refractivity contribution in [1.29, 1.82) is 0 Å². The molecule has 92 valence electrons. The molecule has 1 rings (SSSR count). The monoisotopic (exact) mass is 240 g/mol. The van der Waals surface area contributed by atoms with Crippen LogP contribution in [-0.2, 0) is 0 Å². The first-order chi connectivity index (χ1) is 7.77. The molecular weight excluding hydrogens is 216 g/mol. The van der Waals surface area contributed by atoms with Crippen molar-refractivity contribution in [1.82, 2.24) is 4.90 Å². The Bertz CT molecular complexity index is 251. The smallest absolute Gasteiger partial charge is 0.164 e. The lowest BCUT2D eigenvalue weighted by Gasteiger charge is -2.26. The average molecular weight is 240 g/mol. The van der Waals surface area contributed by atoms with E-state index in [4.69, 9.17) is 0 Å². The molecule has 1 aliphatic rings. The molecule has 0 saturated carbocycles. The first-order valence-electron chi connectivity index (χ1n) is 6.39. The molecule has 16 heavy (non-hydrogen) atoms. The maximum absolute atomic E-state index is 4.56. The number of hydrogen-bond donors (Lipinski definition) is 0. The van der Waals surface area contributed by atoms with Gasteiger partial charge in [-0.2, -0.15) is 0 Å². The van der Waals surface area contributed by atoms with E-state index < -0.39 is 0 Å². The summed E-state index contributed by atoms with van der Waals surface area (Å²) in [5.74, 6) is 1.10. The Balaban J connectivity index is 2.53. The van der Waals surface area contributed by atoms with Crippen LogP contribution in [0.15, 0.2) is 16.8 Å². The van der Waals surface area contributed by atoms with Gasteiger partial charge in [0.2, 0.25) is 0 Å². The van der Waals surface area contributed by atoms with Crippen LogP contribution in [0.3, 0.4) is 0 Å². The van der Waals surface area contributed by atoms with Crippen LogP contribution in [0.4, 0.5) is 0 Å². The second kappa shape index (κ2) is 7.77. The number of aliphatic imine (C=N–C) groups is 1. The molecule has 0 amide bonds. The van der Waals surface area contributed by atoms with Crippen LogP contribution in [0, 0.1) is 0 Å². The Morgan fingerprint density at radius 3 is 2.31 bits per heavy atom. The fourth-order valence-electron chi connectivity index (χ4n) is 1.59. The molecule has 1 aliphatic heterocycles. The largest absolute Gasteiger partial charge is 0.351 e. The van der Waals surface area contributed by atoms with Gasteiger partial charge in [0.15, 0.2) is 5.17 Å². The second-order valence-electron chi connectivity index (χ2n) is 4.37. The topological polar surface area (TPSA) is 15.6 Å². The molecule has 0 bridgehead atoms. The first kappa shape index (κ1) is 13.6. The molecule has 0 radical (unpaired) electrons. The molecule has 0 aromatic heterocycles. The van der Waals surface area contributed by atoms with Gasteiger partial charge >= 0.3 is 0 Å². The zero-order valence-electron chi connectivity index (χ0n) is 10.8. The Morgan fingerprint density at radius 1 is 1.25 bits per heavy atom. The lowest BCUT2D eigenvalue weighted by atomic mass is 10.3. The van der Waals surface area contributed by atoms with E-state index in [-0.39, 0.29) is 0 Å². The van der Waals surface area contributed by atoms with Crippen molar-refractivity contribution in [3.63, 3.8) is 0 Å². The molecule has 0 saturated heterocycles. The van der Waals surface area contributed by atoms with Gasteiger partial charge < -0.3 is 4.90 Å². The van der Waals surface area contributed by atoms with Gasteiger partial charge in [-0.15, -0.1) is 0 Å². The third kappa shape index (κ3) is 4.60. The SMILES string of the molecule is CCCCN(CCCC)C1=NC=C(C)CS1. The number of thioether (sulfide) groups is 1. The van der Waals surface area contributed by atoms with Crippen molar-refractivity contribution in [2.45, 2.75) is 46.5 Å². The zero-order valence-corrected chi connectivity index (χ0v) is 11.6. The van der Waals surface area contributed by atoms with Crippen LogP contribution in [-0.4, -0.2) is 28.9 Å². The molecule has 0 N–H and O–H groups in total. The van der Waals surface area contributed by atoms with E-state index in [0.717, 1.165) is 18.8 Å². The summed E-state index contributed by atoms with van der Waals surface area (Å²) < 4.78 is 0. The third-order valence-electron chi connectivity index (χ3n) is 2.66. The van der Waals surface area contributed by atoms with Crippen LogP contribution >= 0.6 is 11.8 Å². The third-order valence-corrected chi connectivity index (χ3v) is 3.88. The van der Waals surface area contributed by atoms with Crippen molar-refractivity contribution < 1.29 is 0 Å². The standard InChI is InChI=1S/C13H24N2S/c1-4-6-8-15(9-7-5-2)13-14-10-12(3)11-16-13/h10H,4-9,11H2,1-3H3. The molecule has 0 aromatic rings. The van der Waals surface area contributed by atoms with Crippen molar-refractivity contribution in [2.75, 3.05) is 18.8 Å². The summed E-state index contributed by atoms with van der Waals surface area (Å²) >= 11 is 1.89. The average Bonchev–Trinajstić information content (AvgIpc) is 2.31. The predicted octanol–water partition coefficient (Wildman–Crippen LogP) is 3.90. The second-order valence-corrected chi connectivity index (χ2v) is 5.31. The number of nitrogens with zero attached hydrogens (tertiary/aromatic N) is 2. The lowest BCUT2D eigenvalue weighted by Crippen LogP contribution is -2.31. The Labute approximate surface area is 104 Å². The molecule has 0 aromatic carbocycles. The molecule has 1 heterocycles. The van der Waals surface area contributed by atoms with Crippen LogP contribution < -0.4 is 0 Å². The van der Waals surface area contributed by atoms with Crippen molar-refractivity contribution in [3.8, 4) is 0 Å². The summed E-state index contributed by atoms with van der Waals surface area (Å²) in [5, 5.41) is 1.23. The summed E-state index contributed by atoms with van der Waals surface area (Å²) in [5.41, 5.74) is 1.37. The summed E-state index contributed by atoms with van der Waals surface area (Å²) in [6.45, 7) is 8.97. The van der Waals surface area contributed by atoms with Crippen molar-refractivity contribution in [2.24, 2.45) is 4.99 Å². The summed E-state index contributed by atoms with van der Waals surface area (Å²) in [4.78, 5) is 7.02. The summed E-state index contributed by atoms with van der Waals surface area (Å²) in [6, 6.07) is 0. The van der Waals surface area contributed by atoms with Crippen LogP contribution in [0.5, 0.6) is 0 Å². The maximum atomic E-state index is 4.56. The maximum Gasteiger partial charge on any atom is 0.164 e. The van der Waals surface area contributed by atoms with Crippen LogP contribution in [0.25, 0.3) is 0 Å². The van der Waals surface area contributed by atoms with Gasteiger partial charge in [-0.1, -0.05) is 38.5 Å². The van der Waals surface area contributed by atoms with Crippen molar-refractivity contribution >= 4 is 16.9 Å². The molecule has 2 nitrogen and oxygen atoms in total. The van der Waals surface area contributed by atoms with Gasteiger partial charge in [0.1, 0.15) is 0 Å². The van der Waals surface area contributed by atoms with Gasteiger partial charge in [0.25, 0.3) is 0 Å². The highest BCUT2D eigenvalue weighted by Gasteiger charge is 2.13. The minimum atomic E-state index is 1.10. The molecule has 0 spiro atoms. The normalized spacial score (nSPS) is 15.7. The van der Waals surface area contributed by atoms with Crippen LogP contribution in [0.1, 0.15) is 46.5 Å². The molecular formula is C13H24N2S. The highest BCUT2D eigenvalue weighted by atomic mass is 32.2. The van der Waals surface area contributed by atoms with E-state index in [1.165, 1.54) is 36.4 Å². The van der Waals surface area contributed by atoms with Gasteiger partial charge in [0.05, 0.1) is 0 Å². The van der Waals surface area contributed by atoms with E-state index in [2.05, 4.69) is 30.7 Å². The fraction of sp³-hybridized carbons (Fsp3) is 0.769. The zero-order chi connectivity index (χ0) is 11.8. The number of hydrogen-bond acceptors (Lipinski definition) is 3. The number of rotatable bonds is 6. The molecule has 0 unspecified atom stereocenters. The highest BCUT2D eigenvalue weighted by Crippen LogP contribution is 2.19. The quantitative estimate of drug-likeness (QED) is 0.700. The van der Waals surface area contributed by atoms with Gasteiger partial charge in [-0.25, -0.2) is 4.99 Å². The summed E-state index contributed by atoms with van der Waals surface area (Å²) in [6.07, 6.45) is 7.08. The van der Waals surface area contributed by atoms with E-state index in [0.29, 0.717) is 0 Å². The molecule has 0 fully saturated rings. The minimum absolute atomic E-state index is 1.10. The van der Waals surface area contributed by atoms with Gasteiger partial charge in [0, 0.05) is 25.0 Å². The van der Waals surface area contributed by atoms with Crippen LogP contribution in [0.2, 0.25) is 0 Å². The summed E-state index contributed by atoms with van der Waals surface area (Å²) in [7, 11) is 0. The molecule has 0 aliphatic carbocycles. The Morgan fingerprint density at radius 2 is 1.88 bits per heavy atom. The molecule has 3 heteroatoms. The molecule has 0 atom stereocenters. The van der Waals surface area contributed by atoms with E-state index >= 15 is 0 Å². The van der Waals surface area contributed by atoms with E-state index in [9.17, 15) is 0 Å². The Hall–Kier alpha value is -0.440. The number of amidine groups is 1. The highest BCUT2D eigenvalue weighted by molar-refractivity contribution is 8.14.